The van der Waals surface area contributed by atoms with Crippen LogP contribution in [0.25, 0.3) is 0 Å². The Morgan fingerprint density at radius 1 is 1.36 bits per heavy atom. The van der Waals surface area contributed by atoms with Gasteiger partial charge in [-0.2, -0.15) is 0 Å². The van der Waals surface area contributed by atoms with Crippen molar-refractivity contribution in [3.8, 4) is 0 Å². The Bertz CT molecular complexity index is 597. The van der Waals surface area contributed by atoms with Crippen LogP contribution in [0.2, 0.25) is 0 Å². The van der Waals surface area contributed by atoms with E-state index in [1.54, 1.807) is 0 Å². The maximum atomic E-state index is 11.7. The Morgan fingerprint density at radius 3 is 2.68 bits per heavy atom. The number of aliphatic hydroxyl groups is 3. The average Bonchev–Trinajstić information content (AvgIpc) is 2.99. The minimum atomic E-state index is -0.635. The SMILES string of the molecule is C=C1[C@@H](CCC2=CCOC2=O)[C@@]2(C)CC[C@@H](O)[C@@](C)(CO)[C@H]2C[C@@H]1O. The molecule has 0 bridgehead atoms. The van der Waals surface area contributed by atoms with Gasteiger partial charge in [-0.25, -0.2) is 4.79 Å². The molecule has 0 aromatic rings. The zero-order valence-electron chi connectivity index (χ0n) is 15.2. The Morgan fingerprint density at radius 2 is 2.08 bits per heavy atom. The first kappa shape index (κ1) is 18.6. The van der Waals surface area contributed by atoms with Gasteiger partial charge in [0.25, 0.3) is 0 Å². The van der Waals surface area contributed by atoms with Gasteiger partial charge in [0, 0.05) is 11.0 Å². The van der Waals surface area contributed by atoms with Crippen LogP contribution in [0, 0.1) is 22.7 Å². The van der Waals surface area contributed by atoms with Crippen molar-refractivity contribution in [2.45, 2.75) is 58.2 Å². The van der Waals surface area contributed by atoms with E-state index >= 15 is 0 Å². The zero-order valence-corrected chi connectivity index (χ0v) is 15.2. The van der Waals surface area contributed by atoms with Crippen molar-refractivity contribution in [2.24, 2.45) is 22.7 Å². The molecule has 0 aromatic carbocycles. The summed E-state index contributed by atoms with van der Waals surface area (Å²) in [6, 6.07) is 0. The van der Waals surface area contributed by atoms with Crippen molar-refractivity contribution in [1.82, 2.24) is 0 Å². The molecule has 140 valence electrons. The Balaban J connectivity index is 1.88. The topological polar surface area (TPSA) is 87.0 Å². The molecule has 0 amide bonds. The highest BCUT2D eigenvalue weighted by Gasteiger charge is 2.59. The number of rotatable bonds is 4. The Hall–Kier alpha value is -1.17. The zero-order chi connectivity index (χ0) is 18.4. The lowest BCUT2D eigenvalue weighted by Crippen LogP contribution is -2.59. The van der Waals surface area contributed by atoms with Crippen LogP contribution in [-0.4, -0.2) is 46.7 Å². The second kappa shape index (κ2) is 6.53. The fourth-order valence-electron chi connectivity index (χ4n) is 5.55. The van der Waals surface area contributed by atoms with Crippen LogP contribution in [-0.2, 0) is 9.53 Å². The molecule has 0 unspecified atom stereocenters. The van der Waals surface area contributed by atoms with Gasteiger partial charge in [-0.15, -0.1) is 0 Å². The van der Waals surface area contributed by atoms with Crippen molar-refractivity contribution in [3.63, 3.8) is 0 Å². The predicted molar refractivity (Wildman–Crippen MR) is 93.6 cm³/mol. The van der Waals surface area contributed by atoms with Gasteiger partial charge in [-0.1, -0.05) is 20.4 Å². The molecule has 25 heavy (non-hydrogen) atoms. The molecule has 5 heteroatoms. The lowest BCUT2D eigenvalue weighted by molar-refractivity contribution is -0.164. The number of carbonyl (C=O) groups excluding carboxylic acids is 1. The Labute approximate surface area is 149 Å². The fraction of sp³-hybridized carbons (Fsp3) is 0.750. The second-order valence-corrected chi connectivity index (χ2v) is 8.52. The number of hydrogen-bond donors (Lipinski definition) is 3. The maximum Gasteiger partial charge on any atom is 0.334 e. The van der Waals surface area contributed by atoms with Crippen molar-refractivity contribution in [2.75, 3.05) is 13.2 Å². The highest BCUT2D eigenvalue weighted by Crippen LogP contribution is 2.61. The van der Waals surface area contributed by atoms with E-state index in [0.717, 1.165) is 18.4 Å². The van der Waals surface area contributed by atoms with Crippen LogP contribution in [0.4, 0.5) is 0 Å². The molecule has 0 spiro atoms. The summed E-state index contributed by atoms with van der Waals surface area (Å²) in [4.78, 5) is 11.7. The van der Waals surface area contributed by atoms with Crippen molar-refractivity contribution < 1.29 is 24.9 Å². The largest absolute Gasteiger partial charge is 0.458 e. The van der Waals surface area contributed by atoms with E-state index < -0.39 is 17.6 Å². The average molecular weight is 350 g/mol. The van der Waals surface area contributed by atoms with Gasteiger partial charge in [0.2, 0.25) is 0 Å². The summed E-state index contributed by atoms with van der Waals surface area (Å²) < 4.78 is 4.98. The van der Waals surface area contributed by atoms with E-state index in [2.05, 4.69) is 13.5 Å². The number of hydrogen-bond acceptors (Lipinski definition) is 5. The van der Waals surface area contributed by atoms with Crippen molar-refractivity contribution >= 4 is 5.97 Å². The third kappa shape index (κ3) is 2.86. The molecule has 0 radical (unpaired) electrons. The first-order valence-corrected chi connectivity index (χ1v) is 9.26. The van der Waals surface area contributed by atoms with Crippen LogP contribution < -0.4 is 0 Å². The number of cyclic esters (lactones) is 1. The third-order valence-electron chi connectivity index (χ3n) is 7.29. The molecule has 1 aliphatic heterocycles. The number of carbonyl (C=O) groups is 1. The monoisotopic (exact) mass is 350 g/mol. The minimum absolute atomic E-state index is 0.00348. The van der Waals surface area contributed by atoms with Crippen LogP contribution in [0.1, 0.15) is 46.0 Å². The molecule has 2 saturated carbocycles. The summed E-state index contributed by atoms with van der Waals surface area (Å²) in [6.07, 6.45) is 3.93. The predicted octanol–water partition coefficient (Wildman–Crippen LogP) is 1.96. The molecular formula is C20H30O5. The summed E-state index contributed by atoms with van der Waals surface area (Å²) in [5.74, 6) is -0.194. The smallest absolute Gasteiger partial charge is 0.334 e. The minimum Gasteiger partial charge on any atom is -0.458 e. The molecule has 1 heterocycles. The van der Waals surface area contributed by atoms with E-state index in [-0.39, 0.29) is 29.8 Å². The van der Waals surface area contributed by atoms with Crippen LogP contribution in [0.5, 0.6) is 0 Å². The first-order valence-electron chi connectivity index (χ1n) is 9.26. The van der Waals surface area contributed by atoms with E-state index in [0.29, 0.717) is 31.4 Å². The lowest BCUT2D eigenvalue weighted by atomic mass is 9.45. The lowest BCUT2D eigenvalue weighted by Gasteiger charge is -2.60. The third-order valence-corrected chi connectivity index (χ3v) is 7.29. The van der Waals surface area contributed by atoms with Crippen LogP contribution in [0.3, 0.4) is 0 Å². The molecule has 3 rings (SSSR count). The van der Waals surface area contributed by atoms with Gasteiger partial charge < -0.3 is 20.1 Å². The Kier molecular flexibility index (Phi) is 4.86. The first-order chi connectivity index (χ1) is 11.7. The maximum absolute atomic E-state index is 11.7. The van der Waals surface area contributed by atoms with E-state index in [1.165, 1.54) is 0 Å². The van der Waals surface area contributed by atoms with Crippen molar-refractivity contribution in [3.05, 3.63) is 23.8 Å². The molecule has 2 fully saturated rings. The quantitative estimate of drug-likeness (QED) is 0.533. The molecule has 3 aliphatic rings. The second-order valence-electron chi connectivity index (χ2n) is 8.52. The standard InChI is InChI=1S/C20H30O5/c1-12-14(5-4-13-7-9-25-18(13)24)19(2)8-6-17(23)20(3,11-21)16(19)10-15(12)22/h7,14-17,21-23H,1,4-6,8-11H2,2-3H3/t14-,15+,16+,17-,19-,20+/m1/s1. The summed E-state index contributed by atoms with van der Waals surface area (Å²) in [5, 5.41) is 31.1. The number of aliphatic hydroxyl groups excluding tert-OH is 3. The number of fused-ring (bicyclic) bond motifs is 1. The molecule has 0 saturated heterocycles. The number of esters is 1. The molecular weight excluding hydrogens is 320 g/mol. The van der Waals surface area contributed by atoms with Gasteiger partial charge >= 0.3 is 5.97 Å². The summed E-state index contributed by atoms with van der Waals surface area (Å²) in [7, 11) is 0. The molecule has 5 nitrogen and oxygen atoms in total. The number of ether oxygens (including phenoxy) is 1. The summed E-state index contributed by atoms with van der Waals surface area (Å²) >= 11 is 0. The van der Waals surface area contributed by atoms with E-state index in [1.807, 2.05) is 13.0 Å². The van der Waals surface area contributed by atoms with Crippen LogP contribution in [0.15, 0.2) is 23.8 Å². The molecule has 6 atom stereocenters. The van der Waals surface area contributed by atoms with Crippen LogP contribution >= 0.6 is 0 Å². The van der Waals surface area contributed by atoms with Crippen molar-refractivity contribution in [1.29, 1.82) is 0 Å². The van der Waals surface area contributed by atoms with E-state index in [9.17, 15) is 20.1 Å². The summed E-state index contributed by atoms with van der Waals surface area (Å²) in [5.41, 5.74) is 0.741. The van der Waals surface area contributed by atoms with Gasteiger partial charge in [-0.05, 0) is 61.0 Å². The summed E-state index contributed by atoms with van der Waals surface area (Å²) in [6.45, 7) is 8.52. The molecule has 0 aromatic heterocycles. The van der Waals surface area contributed by atoms with Gasteiger partial charge in [0.15, 0.2) is 0 Å². The highest BCUT2D eigenvalue weighted by atomic mass is 16.5. The van der Waals surface area contributed by atoms with Gasteiger partial charge in [0.05, 0.1) is 18.8 Å². The van der Waals surface area contributed by atoms with Gasteiger partial charge in [-0.3, -0.25) is 0 Å². The normalized spacial score (nSPS) is 44.3. The van der Waals surface area contributed by atoms with E-state index in [4.69, 9.17) is 4.74 Å². The molecule has 2 aliphatic carbocycles. The molecule has 3 N–H and O–H groups in total. The fourth-order valence-corrected chi connectivity index (χ4v) is 5.55. The van der Waals surface area contributed by atoms with Gasteiger partial charge in [0.1, 0.15) is 6.61 Å². The highest BCUT2D eigenvalue weighted by molar-refractivity contribution is 5.90.